The van der Waals surface area contributed by atoms with Crippen LogP contribution >= 0.6 is 11.6 Å². The van der Waals surface area contributed by atoms with E-state index >= 15 is 0 Å². The molecule has 1 aromatic carbocycles. The first-order valence-electron chi connectivity index (χ1n) is 8.96. The van der Waals surface area contributed by atoms with E-state index in [9.17, 15) is 14.0 Å². The molecule has 0 bridgehead atoms. The van der Waals surface area contributed by atoms with Crippen molar-refractivity contribution in [1.82, 2.24) is 10.9 Å². The molecule has 2 saturated carbocycles. The molecule has 8 heteroatoms. The highest BCUT2D eigenvalue weighted by atomic mass is 35.5. The average molecular weight is 381 g/mol. The molecule has 0 radical (unpaired) electrons. The van der Waals surface area contributed by atoms with Crippen LogP contribution in [0.1, 0.15) is 25.7 Å². The fraction of sp³-hybridized carbons (Fsp3) is 0.556. The zero-order valence-electron chi connectivity index (χ0n) is 14.2. The van der Waals surface area contributed by atoms with Crippen LogP contribution in [0.2, 0.25) is 5.02 Å². The third kappa shape index (κ3) is 3.24. The minimum atomic E-state index is -0.532. The molecule has 0 spiro atoms. The van der Waals surface area contributed by atoms with Gasteiger partial charge in [-0.3, -0.25) is 15.0 Å². The van der Waals surface area contributed by atoms with E-state index in [1.165, 1.54) is 18.2 Å². The topological polar surface area (TPSA) is 96.2 Å². The van der Waals surface area contributed by atoms with Crippen LogP contribution in [0.25, 0.3) is 0 Å². The molecule has 1 aliphatic heterocycles. The number of amides is 1. The largest absolute Gasteiger partial charge is 0.326 e. The molecule has 0 aromatic heterocycles. The molecule has 1 amide bonds. The Morgan fingerprint density at radius 3 is 2.54 bits per heavy atom. The van der Waals surface area contributed by atoms with Crippen LogP contribution in [0, 0.1) is 29.5 Å². The number of carbonyl (C=O) groups excluding carboxylic acids is 2. The van der Waals surface area contributed by atoms with Crippen LogP contribution in [0.3, 0.4) is 0 Å². The van der Waals surface area contributed by atoms with E-state index in [0.29, 0.717) is 42.1 Å². The molecule has 3 aliphatic rings. The predicted octanol–water partition coefficient (Wildman–Crippen LogP) is 1.80. The van der Waals surface area contributed by atoms with Gasteiger partial charge in [0, 0.05) is 24.6 Å². The third-order valence-electron chi connectivity index (χ3n) is 6.05. The van der Waals surface area contributed by atoms with Crippen LogP contribution in [0.15, 0.2) is 18.2 Å². The Labute approximate surface area is 156 Å². The number of carbonyl (C=O) groups is 2. The second kappa shape index (κ2) is 6.88. The highest BCUT2D eigenvalue weighted by molar-refractivity contribution is 6.31. The summed E-state index contributed by atoms with van der Waals surface area (Å²) in [4.78, 5) is 24.4. The molecule has 4 rings (SSSR count). The number of benzene rings is 1. The number of hydrogen-bond donors (Lipinski definition) is 4. The van der Waals surface area contributed by atoms with Crippen molar-refractivity contribution in [3.8, 4) is 0 Å². The molecule has 140 valence electrons. The van der Waals surface area contributed by atoms with Crippen LogP contribution in [-0.4, -0.2) is 23.9 Å². The van der Waals surface area contributed by atoms with Crippen molar-refractivity contribution < 1.29 is 14.0 Å². The molecule has 2 aliphatic carbocycles. The van der Waals surface area contributed by atoms with Crippen molar-refractivity contribution in [2.24, 2.45) is 29.4 Å². The minimum absolute atomic E-state index is 0.0420. The maximum absolute atomic E-state index is 13.3. The number of hydrazine groups is 1. The summed E-state index contributed by atoms with van der Waals surface area (Å²) >= 11 is 5.78. The van der Waals surface area contributed by atoms with Gasteiger partial charge in [0.15, 0.2) is 0 Å². The van der Waals surface area contributed by atoms with Gasteiger partial charge < -0.3 is 11.1 Å². The Hall–Kier alpha value is -1.54. The Kier molecular flexibility index (Phi) is 4.73. The van der Waals surface area contributed by atoms with Gasteiger partial charge in [-0.25, -0.2) is 9.82 Å². The number of rotatable bonds is 3. The van der Waals surface area contributed by atoms with Crippen molar-refractivity contribution in [3.05, 3.63) is 29.0 Å². The van der Waals surface area contributed by atoms with Crippen LogP contribution < -0.4 is 21.9 Å². The first kappa shape index (κ1) is 17.9. The predicted molar refractivity (Wildman–Crippen MR) is 95.5 cm³/mol. The minimum Gasteiger partial charge on any atom is -0.326 e. The van der Waals surface area contributed by atoms with Crippen molar-refractivity contribution in [2.45, 2.75) is 37.9 Å². The van der Waals surface area contributed by atoms with E-state index in [1.54, 1.807) is 0 Å². The molecule has 26 heavy (non-hydrogen) atoms. The van der Waals surface area contributed by atoms with E-state index in [4.69, 9.17) is 17.3 Å². The lowest BCUT2D eigenvalue weighted by molar-refractivity contribution is -0.121. The Morgan fingerprint density at radius 1 is 1.19 bits per heavy atom. The summed E-state index contributed by atoms with van der Waals surface area (Å²) in [6.07, 6.45) is 2.69. The van der Waals surface area contributed by atoms with E-state index in [1.807, 2.05) is 0 Å². The smallest absolute Gasteiger partial charge is 0.232 e. The number of ketones is 1. The van der Waals surface area contributed by atoms with Gasteiger partial charge in [-0.05, 0) is 48.8 Å². The van der Waals surface area contributed by atoms with Crippen molar-refractivity contribution in [1.29, 1.82) is 0 Å². The number of fused-ring (bicyclic) bond motifs is 1. The SMILES string of the molecule is NC1NNC(C2CC3CC(=O)CC3C2)C1C(=O)Nc1ccc(F)c(Cl)c1. The number of Topliss-reactive ketones (excluding diaryl/α,β-unsaturated/α-hetero) is 1. The van der Waals surface area contributed by atoms with Gasteiger partial charge in [0.2, 0.25) is 5.91 Å². The number of anilines is 1. The lowest BCUT2D eigenvalue weighted by atomic mass is 9.85. The summed E-state index contributed by atoms with van der Waals surface area (Å²) < 4.78 is 13.3. The number of nitrogens with one attached hydrogen (secondary N) is 3. The maximum Gasteiger partial charge on any atom is 0.232 e. The van der Waals surface area contributed by atoms with E-state index in [2.05, 4.69) is 16.2 Å². The molecule has 6 nitrogen and oxygen atoms in total. The van der Waals surface area contributed by atoms with Gasteiger partial charge in [0.05, 0.1) is 17.1 Å². The van der Waals surface area contributed by atoms with Crippen molar-refractivity contribution in [3.63, 3.8) is 0 Å². The summed E-state index contributed by atoms with van der Waals surface area (Å²) in [6, 6.07) is 3.98. The summed E-state index contributed by atoms with van der Waals surface area (Å²) in [5, 5.41) is 2.75. The highest BCUT2D eigenvalue weighted by Crippen LogP contribution is 2.47. The third-order valence-corrected chi connectivity index (χ3v) is 6.34. The summed E-state index contributed by atoms with van der Waals surface area (Å²) in [5.41, 5.74) is 12.7. The Balaban J connectivity index is 1.46. The first-order valence-corrected chi connectivity index (χ1v) is 9.34. The standard InChI is InChI=1S/C18H22ClFN4O2/c19-13-7-11(1-2-14(13)20)22-18(26)15-16(23-24-17(15)21)10-3-8-5-12(25)6-9(8)4-10/h1-2,7-10,15-17,23-24H,3-6,21H2,(H,22,26). The molecule has 1 aromatic rings. The van der Waals surface area contributed by atoms with Gasteiger partial charge in [-0.15, -0.1) is 0 Å². The van der Waals surface area contributed by atoms with Gasteiger partial charge >= 0.3 is 0 Å². The highest BCUT2D eigenvalue weighted by Gasteiger charge is 2.49. The van der Waals surface area contributed by atoms with Crippen LogP contribution in [0.5, 0.6) is 0 Å². The van der Waals surface area contributed by atoms with Gasteiger partial charge in [0.25, 0.3) is 0 Å². The zero-order chi connectivity index (χ0) is 18.4. The molecule has 5 atom stereocenters. The monoisotopic (exact) mass is 380 g/mol. The quantitative estimate of drug-likeness (QED) is 0.641. The van der Waals surface area contributed by atoms with Gasteiger partial charge in [0.1, 0.15) is 11.6 Å². The van der Waals surface area contributed by atoms with Crippen molar-refractivity contribution >= 4 is 29.0 Å². The second-order valence-electron chi connectivity index (χ2n) is 7.68. The van der Waals surface area contributed by atoms with Crippen LogP contribution in [0.4, 0.5) is 10.1 Å². The summed E-state index contributed by atoms with van der Waals surface area (Å²) in [5.74, 6) is 0.308. The number of halogens is 2. The number of nitrogens with two attached hydrogens (primary N) is 1. The van der Waals surface area contributed by atoms with Crippen LogP contribution in [-0.2, 0) is 9.59 Å². The summed E-state index contributed by atoms with van der Waals surface area (Å²) in [6.45, 7) is 0. The molecule has 1 heterocycles. The average Bonchev–Trinajstić information content (AvgIpc) is 3.23. The lowest BCUT2D eigenvalue weighted by Crippen LogP contribution is -2.45. The van der Waals surface area contributed by atoms with Gasteiger partial charge in [-0.1, -0.05) is 11.6 Å². The summed E-state index contributed by atoms with van der Waals surface area (Å²) in [7, 11) is 0. The fourth-order valence-electron chi connectivity index (χ4n) is 4.85. The molecular weight excluding hydrogens is 359 g/mol. The van der Waals surface area contributed by atoms with Gasteiger partial charge in [-0.2, -0.15) is 0 Å². The van der Waals surface area contributed by atoms with Crippen molar-refractivity contribution in [2.75, 3.05) is 5.32 Å². The number of hydrogen-bond acceptors (Lipinski definition) is 5. The maximum atomic E-state index is 13.3. The lowest BCUT2D eigenvalue weighted by Gasteiger charge is -2.25. The first-order chi connectivity index (χ1) is 12.4. The molecular formula is C18H22ClFN4O2. The normalized spacial score (nSPS) is 36.3. The molecule has 3 fully saturated rings. The Morgan fingerprint density at radius 2 is 1.88 bits per heavy atom. The molecule has 1 saturated heterocycles. The Bertz CT molecular complexity index is 730. The van der Waals surface area contributed by atoms with E-state index in [-0.39, 0.29) is 17.0 Å². The molecule has 5 N–H and O–H groups in total. The van der Waals surface area contributed by atoms with E-state index in [0.717, 1.165) is 12.8 Å². The molecule has 5 unspecified atom stereocenters. The van der Waals surface area contributed by atoms with E-state index < -0.39 is 17.9 Å². The zero-order valence-corrected chi connectivity index (χ0v) is 14.9. The fourth-order valence-corrected chi connectivity index (χ4v) is 5.03. The second-order valence-corrected chi connectivity index (χ2v) is 8.09.